The molecule has 2 heterocycles. The van der Waals surface area contributed by atoms with Crippen molar-refractivity contribution in [2.24, 2.45) is 7.05 Å². The number of nitrogens with zero attached hydrogens (tertiary/aromatic N) is 4. The van der Waals surface area contributed by atoms with Gasteiger partial charge in [0.2, 0.25) is 0 Å². The highest BCUT2D eigenvalue weighted by atomic mass is 79.9. The Morgan fingerprint density at radius 3 is 2.44 bits per heavy atom. The van der Waals surface area contributed by atoms with Crippen LogP contribution in [0.5, 0.6) is 0 Å². The number of carbonyl (C=O) groups is 1. The lowest BCUT2D eigenvalue weighted by atomic mass is 9.95. The summed E-state index contributed by atoms with van der Waals surface area (Å²) in [7, 11) is 1.77. The van der Waals surface area contributed by atoms with Gasteiger partial charge in [0, 0.05) is 35.9 Å². The summed E-state index contributed by atoms with van der Waals surface area (Å²) in [4.78, 5) is 32.2. The van der Waals surface area contributed by atoms with E-state index in [2.05, 4.69) is 40.0 Å². The topological polar surface area (TPSA) is 69.4 Å². The van der Waals surface area contributed by atoms with E-state index in [1.165, 1.54) is 0 Å². The second-order valence-corrected chi connectivity index (χ2v) is 11.0. The molecule has 4 rings (SSSR count). The van der Waals surface area contributed by atoms with Crippen LogP contribution in [-0.2, 0) is 11.8 Å². The summed E-state index contributed by atoms with van der Waals surface area (Å²) in [6.45, 7) is 10.9. The average Bonchev–Trinajstić information content (AvgIpc) is 3.09. The highest BCUT2D eigenvalue weighted by Gasteiger charge is 2.24. The lowest BCUT2D eigenvalue weighted by molar-refractivity contribution is 0.0248. The number of hydrogen-bond donors (Lipinski definition) is 0. The molecule has 0 fully saturated rings. The van der Waals surface area contributed by atoms with Crippen molar-refractivity contribution in [1.82, 2.24) is 19.0 Å². The van der Waals surface area contributed by atoms with E-state index in [0.29, 0.717) is 13.1 Å². The number of ether oxygens (including phenoxy) is 1. The van der Waals surface area contributed by atoms with Crippen molar-refractivity contribution >= 4 is 44.0 Å². The van der Waals surface area contributed by atoms with E-state index in [1.54, 1.807) is 27.3 Å². The Bertz CT molecular complexity index is 1460. The molecule has 0 saturated heterocycles. The van der Waals surface area contributed by atoms with Crippen LogP contribution in [0.4, 0.5) is 4.79 Å². The Hall–Kier alpha value is -3.13. The predicted octanol–water partition coefficient (Wildman–Crippen LogP) is 6.39. The number of fused-ring (bicyclic) bond motifs is 3. The van der Waals surface area contributed by atoms with Gasteiger partial charge in [-0.2, -0.15) is 0 Å². The number of imidazole rings is 1. The molecule has 190 valence electrons. The molecular weight excluding hydrogens is 520 g/mol. The van der Waals surface area contributed by atoms with Crippen molar-refractivity contribution in [2.45, 2.75) is 52.6 Å². The van der Waals surface area contributed by atoms with E-state index in [4.69, 9.17) is 4.74 Å². The van der Waals surface area contributed by atoms with Crippen LogP contribution in [0.2, 0.25) is 0 Å². The van der Waals surface area contributed by atoms with Crippen LogP contribution in [0, 0.1) is 0 Å². The third-order valence-electron chi connectivity index (χ3n) is 6.44. The molecule has 36 heavy (non-hydrogen) atoms. The SMILES string of the molecule is CCC(CN(CC)C(=O)OC(C)(C)C)c1ccc(-n2c(=O)n(C)c3cnc4ccc(Br)cc4c32)cc1. The van der Waals surface area contributed by atoms with E-state index >= 15 is 0 Å². The van der Waals surface area contributed by atoms with Crippen molar-refractivity contribution in [3.8, 4) is 5.69 Å². The predicted molar refractivity (Wildman–Crippen MR) is 148 cm³/mol. The van der Waals surface area contributed by atoms with Gasteiger partial charge in [0.1, 0.15) is 5.60 Å². The standard InChI is InChI=1S/C28H33BrN4O3/c1-7-18(17-32(8-2)27(35)36-28(3,4)5)19-9-12-21(13-10-19)33-25-22-15-20(29)11-14-23(22)30-16-24(25)31(6)26(33)34/h9-16,18H,7-8,17H2,1-6H3. The Balaban J connectivity index is 1.71. The summed E-state index contributed by atoms with van der Waals surface area (Å²) >= 11 is 3.55. The smallest absolute Gasteiger partial charge is 0.410 e. The Labute approximate surface area is 219 Å². The van der Waals surface area contributed by atoms with Crippen molar-refractivity contribution in [3.05, 3.63) is 69.2 Å². The number of aromatic nitrogens is 3. The summed E-state index contributed by atoms with van der Waals surface area (Å²) in [6.07, 6.45) is 2.33. The zero-order valence-corrected chi connectivity index (χ0v) is 23.3. The highest BCUT2D eigenvalue weighted by Crippen LogP contribution is 2.29. The molecule has 2 aromatic heterocycles. The summed E-state index contributed by atoms with van der Waals surface area (Å²) in [6, 6.07) is 14.0. The molecule has 2 aromatic carbocycles. The summed E-state index contributed by atoms with van der Waals surface area (Å²) in [5.41, 5.74) is 3.68. The van der Waals surface area contributed by atoms with Crippen LogP contribution in [0.1, 0.15) is 52.5 Å². The Kier molecular flexibility index (Phi) is 7.27. The molecular formula is C28H33BrN4O3. The molecule has 7 nitrogen and oxygen atoms in total. The van der Waals surface area contributed by atoms with E-state index in [0.717, 1.165) is 44.1 Å². The van der Waals surface area contributed by atoms with Crippen LogP contribution in [0.25, 0.3) is 27.6 Å². The maximum absolute atomic E-state index is 13.3. The minimum absolute atomic E-state index is 0.124. The minimum atomic E-state index is -0.533. The van der Waals surface area contributed by atoms with E-state index in [1.807, 2.05) is 58.0 Å². The zero-order chi connectivity index (χ0) is 26.2. The third kappa shape index (κ3) is 5.05. The number of hydrogen-bond acceptors (Lipinski definition) is 4. The fourth-order valence-corrected chi connectivity index (χ4v) is 4.86. The van der Waals surface area contributed by atoms with Gasteiger partial charge in [-0.25, -0.2) is 9.59 Å². The van der Waals surface area contributed by atoms with E-state index in [9.17, 15) is 9.59 Å². The minimum Gasteiger partial charge on any atom is -0.444 e. The van der Waals surface area contributed by atoms with Crippen LogP contribution >= 0.6 is 15.9 Å². The van der Waals surface area contributed by atoms with Gasteiger partial charge in [0.25, 0.3) is 0 Å². The van der Waals surface area contributed by atoms with Crippen molar-refractivity contribution in [3.63, 3.8) is 0 Å². The Morgan fingerprint density at radius 2 is 1.83 bits per heavy atom. The van der Waals surface area contributed by atoms with Crippen molar-refractivity contribution in [2.75, 3.05) is 13.1 Å². The van der Waals surface area contributed by atoms with Gasteiger partial charge in [-0.1, -0.05) is 35.0 Å². The molecule has 0 saturated carbocycles. The molecule has 1 atom stereocenters. The average molecular weight is 554 g/mol. The fourth-order valence-electron chi connectivity index (χ4n) is 4.50. The normalized spacial score (nSPS) is 12.8. The highest BCUT2D eigenvalue weighted by molar-refractivity contribution is 9.10. The molecule has 0 bridgehead atoms. The molecule has 0 aliphatic heterocycles. The number of benzene rings is 2. The quantitative estimate of drug-likeness (QED) is 0.278. The Morgan fingerprint density at radius 1 is 1.14 bits per heavy atom. The number of rotatable bonds is 6. The molecule has 0 aliphatic rings. The third-order valence-corrected chi connectivity index (χ3v) is 6.93. The van der Waals surface area contributed by atoms with E-state index < -0.39 is 5.60 Å². The molecule has 0 aliphatic carbocycles. The van der Waals surface area contributed by atoms with Gasteiger partial charge in [-0.05, 0) is 70.0 Å². The summed E-state index contributed by atoms with van der Waals surface area (Å²) in [5, 5.41) is 0.908. The van der Waals surface area contributed by atoms with Gasteiger partial charge in [0.15, 0.2) is 0 Å². The maximum Gasteiger partial charge on any atom is 0.410 e. The molecule has 1 amide bonds. The summed E-state index contributed by atoms with van der Waals surface area (Å²) < 4.78 is 9.89. The number of amides is 1. The van der Waals surface area contributed by atoms with Gasteiger partial charge in [0.05, 0.1) is 28.4 Å². The van der Waals surface area contributed by atoms with Gasteiger partial charge >= 0.3 is 11.8 Å². The lowest BCUT2D eigenvalue weighted by Gasteiger charge is -2.29. The molecule has 0 N–H and O–H groups in total. The number of pyridine rings is 1. The monoisotopic (exact) mass is 552 g/mol. The van der Waals surface area contributed by atoms with Crippen LogP contribution < -0.4 is 5.69 Å². The van der Waals surface area contributed by atoms with Gasteiger partial charge in [-0.15, -0.1) is 0 Å². The van der Waals surface area contributed by atoms with Gasteiger partial charge in [-0.3, -0.25) is 14.1 Å². The molecule has 8 heteroatoms. The van der Waals surface area contributed by atoms with Crippen LogP contribution in [-0.4, -0.2) is 43.8 Å². The van der Waals surface area contributed by atoms with Gasteiger partial charge < -0.3 is 9.64 Å². The second-order valence-electron chi connectivity index (χ2n) is 10.0. The first-order chi connectivity index (χ1) is 17.0. The van der Waals surface area contributed by atoms with Crippen molar-refractivity contribution in [1.29, 1.82) is 0 Å². The molecule has 0 radical (unpaired) electrons. The van der Waals surface area contributed by atoms with Crippen LogP contribution in [0.15, 0.2) is 57.9 Å². The largest absolute Gasteiger partial charge is 0.444 e. The van der Waals surface area contributed by atoms with Crippen molar-refractivity contribution < 1.29 is 9.53 Å². The molecule has 1 unspecified atom stereocenters. The second kappa shape index (κ2) is 10.1. The van der Waals surface area contributed by atoms with Crippen LogP contribution in [0.3, 0.4) is 0 Å². The molecule has 0 spiro atoms. The number of halogens is 1. The number of aryl methyl sites for hydroxylation is 1. The first-order valence-corrected chi connectivity index (χ1v) is 13.1. The first kappa shape index (κ1) is 25.9. The fraction of sp³-hybridized carbons (Fsp3) is 0.393. The summed E-state index contributed by atoms with van der Waals surface area (Å²) in [5.74, 6) is 0.150. The number of carbonyl (C=O) groups excluding carboxylic acids is 1. The maximum atomic E-state index is 13.3. The lowest BCUT2D eigenvalue weighted by Crippen LogP contribution is -2.39. The first-order valence-electron chi connectivity index (χ1n) is 12.3. The van der Waals surface area contributed by atoms with E-state index in [-0.39, 0.29) is 17.7 Å². The zero-order valence-electron chi connectivity index (χ0n) is 21.7. The number of likely N-dealkylation sites (N-methyl/N-ethyl adjacent to an activating group) is 1. The molecule has 4 aromatic rings.